The molecule has 0 aromatic carbocycles. The summed E-state index contributed by atoms with van der Waals surface area (Å²) in [6.07, 6.45) is 13.8. The minimum Gasteiger partial charge on any atom is -0.211 e. The highest BCUT2D eigenvalue weighted by Crippen LogP contribution is 2.44. The van der Waals surface area contributed by atoms with E-state index >= 15 is 0 Å². The van der Waals surface area contributed by atoms with Crippen LogP contribution in [0.2, 0.25) is 0 Å². The average Bonchev–Trinajstić information content (AvgIpc) is 2.61. The van der Waals surface area contributed by atoms with Crippen molar-refractivity contribution >= 4 is 6.08 Å². The molecule has 0 saturated heterocycles. The normalized spacial score (nSPS) is 44.2. The molecule has 1 saturated carbocycles. The topological polar surface area (TPSA) is 29.4 Å². The van der Waals surface area contributed by atoms with Gasteiger partial charge in [-0.05, 0) is 0 Å². The monoisotopic (exact) mass is 159 g/mol. The summed E-state index contributed by atoms with van der Waals surface area (Å²) >= 11 is 0. The van der Waals surface area contributed by atoms with Gasteiger partial charge in [-0.25, -0.2) is 9.79 Å². The van der Waals surface area contributed by atoms with E-state index in [0.29, 0.717) is 11.8 Å². The fraction of sp³-hybridized carbons (Fsp3) is 0.300. The van der Waals surface area contributed by atoms with Crippen LogP contribution in [-0.4, -0.2) is 12.1 Å². The third kappa shape index (κ3) is 1.17. The van der Waals surface area contributed by atoms with Crippen molar-refractivity contribution in [2.45, 2.75) is 6.04 Å². The van der Waals surface area contributed by atoms with Gasteiger partial charge in [-0.15, -0.1) is 0 Å². The number of hydrogen-bond donors (Lipinski definition) is 0. The summed E-state index contributed by atoms with van der Waals surface area (Å²) in [4.78, 5) is 13.7. The first-order valence-electron chi connectivity index (χ1n) is 4.02. The van der Waals surface area contributed by atoms with Crippen molar-refractivity contribution in [3.63, 3.8) is 0 Å². The first-order valence-corrected chi connectivity index (χ1v) is 4.02. The molecule has 0 aromatic heterocycles. The summed E-state index contributed by atoms with van der Waals surface area (Å²) in [5.74, 6) is 0.848. The number of carbonyl (C=O) groups excluding carboxylic acids is 1. The largest absolute Gasteiger partial charge is 0.235 e. The molecule has 0 radical (unpaired) electrons. The molecule has 12 heavy (non-hydrogen) atoms. The van der Waals surface area contributed by atoms with Crippen molar-refractivity contribution in [2.75, 3.05) is 0 Å². The molecule has 0 aromatic rings. The molecule has 2 nitrogen and oxygen atoms in total. The highest BCUT2D eigenvalue weighted by Gasteiger charge is 2.46. The lowest BCUT2D eigenvalue weighted by molar-refractivity contribution is 0.562. The molecule has 2 aliphatic rings. The molecule has 0 amide bonds. The average molecular weight is 159 g/mol. The molecule has 0 aliphatic heterocycles. The molecule has 2 rings (SSSR count). The smallest absolute Gasteiger partial charge is 0.211 e. The number of isocyanates is 1. The summed E-state index contributed by atoms with van der Waals surface area (Å²) < 4.78 is 0. The van der Waals surface area contributed by atoms with E-state index in [2.05, 4.69) is 17.1 Å². The predicted molar refractivity (Wildman–Crippen MR) is 46.3 cm³/mol. The fourth-order valence-electron chi connectivity index (χ4n) is 1.57. The van der Waals surface area contributed by atoms with Crippen LogP contribution >= 0.6 is 0 Å². The lowest BCUT2D eigenvalue weighted by atomic mass is 10.2. The van der Waals surface area contributed by atoms with Gasteiger partial charge in [0.25, 0.3) is 0 Å². The predicted octanol–water partition coefficient (Wildman–Crippen LogP) is 1.62. The number of allylic oxidation sites excluding steroid dienone is 4. The lowest BCUT2D eigenvalue weighted by Crippen LogP contribution is -1.78. The summed E-state index contributed by atoms with van der Waals surface area (Å²) in [7, 11) is 0. The highest BCUT2D eigenvalue weighted by molar-refractivity contribution is 5.38. The molecular weight excluding hydrogens is 150 g/mol. The van der Waals surface area contributed by atoms with E-state index in [-0.39, 0.29) is 6.04 Å². The quantitative estimate of drug-likeness (QED) is 0.422. The van der Waals surface area contributed by atoms with E-state index < -0.39 is 0 Å². The lowest BCUT2D eigenvalue weighted by Gasteiger charge is -1.84. The van der Waals surface area contributed by atoms with Gasteiger partial charge in [0.1, 0.15) is 0 Å². The van der Waals surface area contributed by atoms with Crippen LogP contribution in [0.3, 0.4) is 0 Å². The Morgan fingerprint density at radius 2 is 1.58 bits per heavy atom. The second-order valence-electron chi connectivity index (χ2n) is 3.02. The van der Waals surface area contributed by atoms with Crippen molar-refractivity contribution in [3.8, 4) is 0 Å². The van der Waals surface area contributed by atoms with Crippen LogP contribution < -0.4 is 0 Å². The van der Waals surface area contributed by atoms with Crippen molar-refractivity contribution in [1.82, 2.24) is 0 Å². The molecule has 1 fully saturated rings. The zero-order valence-electron chi connectivity index (χ0n) is 6.55. The van der Waals surface area contributed by atoms with E-state index in [0.717, 1.165) is 0 Å². The van der Waals surface area contributed by atoms with E-state index in [1.54, 1.807) is 6.08 Å². The Morgan fingerprint density at radius 1 is 1.00 bits per heavy atom. The Morgan fingerprint density at radius 3 is 2.08 bits per heavy atom. The maximum Gasteiger partial charge on any atom is 0.235 e. The Balaban J connectivity index is 2.16. The van der Waals surface area contributed by atoms with Gasteiger partial charge >= 0.3 is 0 Å². The van der Waals surface area contributed by atoms with Gasteiger partial charge in [-0.3, -0.25) is 0 Å². The number of rotatable bonds is 1. The van der Waals surface area contributed by atoms with Gasteiger partial charge in [-0.1, -0.05) is 36.5 Å². The second-order valence-corrected chi connectivity index (χ2v) is 3.02. The summed E-state index contributed by atoms with van der Waals surface area (Å²) in [6, 6.07) is 0.148. The molecule has 2 unspecified atom stereocenters. The van der Waals surface area contributed by atoms with Crippen LogP contribution in [0, 0.1) is 11.8 Å². The van der Waals surface area contributed by atoms with Crippen LogP contribution in [0.15, 0.2) is 41.4 Å². The second kappa shape index (κ2) is 2.92. The Hall–Kier alpha value is -1.40. The van der Waals surface area contributed by atoms with Gasteiger partial charge in [0, 0.05) is 11.8 Å². The SMILES string of the molecule is O=C=NC1C2\C=C/C=C\C=C/C21. The van der Waals surface area contributed by atoms with Crippen LogP contribution in [0.1, 0.15) is 0 Å². The molecular formula is C10H9NO. The molecule has 60 valence electrons. The van der Waals surface area contributed by atoms with Crippen LogP contribution in [0.4, 0.5) is 0 Å². The van der Waals surface area contributed by atoms with Crippen molar-refractivity contribution in [1.29, 1.82) is 0 Å². The molecule has 0 N–H and O–H groups in total. The molecule has 2 atom stereocenters. The van der Waals surface area contributed by atoms with Gasteiger partial charge in [0.05, 0.1) is 6.04 Å². The number of fused-ring (bicyclic) bond motifs is 1. The molecule has 2 heteroatoms. The first kappa shape index (κ1) is 7.26. The summed E-state index contributed by atoms with van der Waals surface area (Å²) in [6.45, 7) is 0. The van der Waals surface area contributed by atoms with Crippen LogP contribution in [0.25, 0.3) is 0 Å². The maximum atomic E-state index is 10.0. The minimum absolute atomic E-state index is 0.148. The Bertz CT molecular complexity index is 286. The molecule has 2 aliphatic carbocycles. The third-order valence-electron chi connectivity index (χ3n) is 2.29. The number of nitrogens with zero attached hydrogens (tertiary/aromatic N) is 1. The van der Waals surface area contributed by atoms with Crippen molar-refractivity contribution in [3.05, 3.63) is 36.5 Å². The van der Waals surface area contributed by atoms with Gasteiger partial charge in [0.15, 0.2) is 0 Å². The van der Waals surface area contributed by atoms with E-state index in [1.165, 1.54) is 0 Å². The number of aliphatic imine (C=N–C) groups is 1. The molecule has 0 bridgehead atoms. The maximum absolute atomic E-state index is 10.0. The van der Waals surface area contributed by atoms with Crippen LogP contribution in [0.5, 0.6) is 0 Å². The van der Waals surface area contributed by atoms with Gasteiger partial charge in [0.2, 0.25) is 6.08 Å². The molecule has 0 heterocycles. The first-order chi connectivity index (χ1) is 5.93. The Labute approximate surface area is 71.0 Å². The fourth-order valence-corrected chi connectivity index (χ4v) is 1.57. The van der Waals surface area contributed by atoms with Gasteiger partial charge < -0.3 is 0 Å². The summed E-state index contributed by atoms with van der Waals surface area (Å²) in [5, 5.41) is 0. The van der Waals surface area contributed by atoms with E-state index in [9.17, 15) is 4.79 Å². The standard InChI is InChI=1S/C10H9NO/c12-7-11-10-8-5-3-1-2-4-6-9(8)10/h1-6,8-10H/b2-1-,5-3-,6-4-. The minimum atomic E-state index is 0.148. The third-order valence-corrected chi connectivity index (χ3v) is 2.29. The van der Waals surface area contributed by atoms with E-state index in [1.807, 2.05) is 24.3 Å². The van der Waals surface area contributed by atoms with Gasteiger partial charge in [-0.2, -0.15) is 0 Å². The summed E-state index contributed by atoms with van der Waals surface area (Å²) in [5.41, 5.74) is 0. The Kier molecular flexibility index (Phi) is 1.77. The molecule has 0 spiro atoms. The van der Waals surface area contributed by atoms with Crippen molar-refractivity contribution < 1.29 is 4.79 Å². The van der Waals surface area contributed by atoms with E-state index in [4.69, 9.17) is 0 Å². The zero-order valence-corrected chi connectivity index (χ0v) is 6.55. The number of hydrogen-bond acceptors (Lipinski definition) is 2. The highest BCUT2D eigenvalue weighted by atomic mass is 16.1. The zero-order chi connectivity index (χ0) is 8.39. The van der Waals surface area contributed by atoms with Crippen LogP contribution in [-0.2, 0) is 4.79 Å². The van der Waals surface area contributed by atoms with Crippen molar-refractivity contribution in [2.24, 2.45) is 16.8 Å².